The lowest BCUT2D eigenvalue weighted by molar-refractivity contribution is 0.0181. The van der Waals surface area contributed by atoms with Gasteiger partial charge >= 0.3 is 12.1 Å². The summed E-state index contributed by atoms with van der Waals surface area (Å²) in [6.45, 7) is 9.93. The fourth-order valence-electron chi connectivity index (χ4n) is 7.43. The SMILES string of the molecule is CC(C)(C)OC(=O)N1CCC(CCN2CCn3c(c(C4CCCCC4)c4ccc(C(=O)O)cc43)-c3ccccc32)CC1. The summed E-state index contributed by atoms with van der Waals surface area (Å²) in [6.07, 6.45) is 9.10. The number of aromatic carboxylic acids is 1. The monoisotopic (exact) mass is 571 g/mol. The van der Waals surface area contributed by atoms with E-state index in [2.05, 4.69) is 39.8 Å². The van der Waals surface area contributed by atoms with E-state index in [0.29, 0.717) is 17.4 Å². The van der Waals surface area contributed by atoms with Gasteiger partial charge in [0.25, 0.3) is 0 Å². The number of carboxylic acids is 1. The standard InChI is InChI=1S/C35H45N3O4/c1-35(2,3)42-34(41)37-19-16-24(17-20-37)15-18-36-21-22-38-30-23-26(33(39)40)13-14-27(30)31(25-9-5-4-6-10-25)32(38)28-11-7-8-12-29(28)36/h7-8,11-14,23-25H,4-6,9-10,15-22H2,1-3H3,(H,39,40). The molecule has 224 valence electrons. The molecule has 7 heteroatoms. The van der Waals surface area contributed by atoms with Crippen LogP contribution in [-0.2, 0) is 11.3 Å². The second kappa shape index (κ2) is 11.7. The van der Waals surface area contributed by atoms with Gasteiger partial charge in [0.05, 0.1) is 11.3 Å². The number of fused-ring (bicyclic) bond motifs is 5. The van der Waals surface area contributed by atoms with E-state index in [-0.39, 0.29) is 6.09 Å². The molecule has 3 heterocycles. The molecule has 1 saturated carbocycles. The number of benzene rings is 2. The molecule has 0 bridgehead atoms. The van der Waals surface area contributed by atoms with Gasteiger partial charge in [0.15, 0.2) is 0 Å². The fourth-order valence-corrected chi connectivity index (χ4v) is 7.43. The Hall–Kier alpha value is -3.48. The third-order valence-electron chi connectivity index (χ3n) is 9.53. The predicted molar refractivity (Wildman–Crippen MR) is 168 cm³/mol. The third-order valence-corrected chi connectivity index (χ3v) is 9.53. The summed E-state index contributed by atoms with van der Waals surface area (Å²) in [5.41, 5.74) is 6.20. The number of para-hydroxylation sites is 1. The van der Waals surface area contributed by atoms with E-state index >= 15 is 0 Å². The van der Waals surface area contributed by atoms with E-state index in [1.54, 1.807) is 6.07 Å². The smallest absolute Gasteiger partial charge is 0.410 e. The molecule has 6 rings (SSSR count). The fraction of sp³-hybridized carbons (Fsp3) is 0.543. The average molecular weight is 572 g/mol. The normalized spacial score (nSPS) is 18.5. The number of hydrogen-bond acceptors (Lipinski definition) is 4. The predicted octanol–water partition coefficient (Wildman–Crippen LogP) is 7.91. The first kappa shape index (κ1) is 28.6. The average Bonchev–Trinajstić information content (AvgIpc) is 3.21. The van der Waals surface area contributed by atoms with Gasteiger partial charge in [0.1, 0.15) is 5.60 Å². The summed E-state index contributed by atoms with van der Waals surface area (Å²) < 4.78 is 8.01. The molecule has 1 N–H and O–H groups in total. The maximum Gasteiger partial charge on any atom is 0.410 e. The van der Waals surface area contributed by atoms with Crippen LogP contribution < -0.4 is 4.90 Å². The van der Waals surface area contributed by atoms with E-state index in [1.807, 2.05) is 31.7 Å². The van der Waals surface area contributed by atoms with Gasteiger partial charge in [-0.15, -0.1) is 0 Å². The van der Waals surface area contributed by atoms with Crippen LogP contribution in [0.3, 0.4) is 0 Å². The molecule has 1 aromatic heterocycles. The lowest BCUT2D eigenvalue weighted by atomic mass is 9.81. The van der Waals surface area contributed by atoms with E-state index in [0.717, 1.165) is 57.5 Å². The van der Waals surface area contributed by atoms with Gasteiger partial charge in [-0.05, 0) is 88.5 Å². The van der Waals surface area contributed by atoms with Crippen LogP contribution in [0.4, 0.5) is 10.5 Å². The molecule has 1 amide bonds. The van der Waals surface area contributed by atoms with Crippen molar-refractivity contribution in [3.05, 3.63) is 53.6 Å². The highest BCUT2D eigenvalue weighted by Gasteiger charge is 2.31. The lowest BCUT2D eigenvalue weighted by Gasteiger charge is -2.34. The molecule has 2 fully saturated rings. The zero-order valence-corrected chi connectivity index (χ0v) is 25.4. The van der Waals surface area contributed by atoms with Gasteiger partial charge in [0, 0.05) is 54.9 Å². The Kier molecular flexibility index (Phi) is 7.95. The Morgan fingerprint density at radius 1 is 0.929 bits per heavy atom. The Labute approximate surface area is 249 Å². The van der Waals surface area contributed by atoms with Crippen molar-refractivity contribution in [2.45, 2.75) is 90.2 Å². The molecule has 0 radical (unpaired) electrons. The van der Waals surface area contributed by atoms with Crippen LogP contribution in [0.1, 0.15) is 94.0 Å². The minimum absolute atomic E-state index is 0.198. The van der Waals surface area contributed by atoms with Crippen molar-refractivity contribution < 1.29 is 19.4 Å². The van der Waals surface area contributed by atoms with E-state index in [9.17, 15) is 14.7 Å². The number of anilines is 1. The number of aromatic nitrogens is 1. The minimum Gasteiger partial charge on any atom is -0.478 e. The maximum atomic E-state index is 12.5. The van der Waals surface area contributed by atoms with Crippen LogP contribution in [0.2, 0.25) is 0 Å². The summed E-state index contributed by atoms with van der Waals surface area (Å²) in [4.78, 5) is 28.9. The van der Waals surface area contributed by atoms with Crippen molar-refractivity contribution in [2.24, 2.45) is 5.92 Å². The van der Waals surface area contributed by atoms with Crippen LogP contribution in [-0.4, -0.2) is 58.4 Å². The number of likely N-dealkylation sites (tertiary alicyclic amines) is 1. The molecule has 0 spiro atoms. The molecule has 0 unspecified atom stereocenters. The van der Waals surface area contributed by atoms with Crippen LogP contribution in [0.5, 0.6) is 0 Å². The third kappa shape index (κ3) is 5.75. The molecule has 3 aliphatic rings. The zero-order valence-electron chi connectivity index (χ0n) is 25.4. The van der Waals surface area contributed by atoms with Crippen LogP contribution in [0, 0.1) is 5.92 Å². The number of nitrogens with zero attached hydrogens (tertiary/aromatic N) is 3. The number of piperidine rings is 1. The molecule has 1 saturated heterocycles. The first-order chi connectivity index (χ1) is 20.2. The van der Waals surface area contributed by atoms with Crippen molar-refractivity contribution >= 4 is 28.7 Å². The number of rotatable bonds is 5. The van der Waals surface area contributed by atoms with E-state index in [4.69, 9.17) is 4.74 Å². The first-order valence-corrected chi connectivity index (χ1v) is 15.9. The number of amides is 1. The summed E-state index contributed by atoms with van der Waals surface area (Å²) in [5.74, 6) is 0.206. The Bertz CT molecular complexity index is 1450. The van der Waals surface area contributed by atoms with Crippen molar-refractivity contribution in [1.82, 2.24) is 9.47 Å². The molecule has 42 heavy (non-hydrogen) atoms. The maximum absolute atomic E-state index is 12.5. The molecular formula is C35H45N3O4. The highest BCUT2D eigenvalue weighted by Crippen LogP contribution is 2.47. The largest absolute Gasteiger partial charge is 0.478 e. The summed E-state index contributed by atoms with van der Waals surface area (Å²) >= 11 is 0. The number of carbonyl (C=O) groups is 2. The highest BCUT2D eigenvalue weighted by atomic mass is 16.6. The summed E-state index contributed by atoms with van der Waals surface area (Å²) in [6, 6.07) is 14.6. The van der Waals surface area contributed by atoms with Gasteiger partial charge in [-0.25, -0.2) is 9.59 Å². The summed E-state index contributed by atoms with van der Waals surface area (Å²) in [7, 11) is 0. The molecule has 2 aromatic carbocycles. The van der Waals surface area contributed by atoms with Crippen molar-refractivity contribution in [3.63, 3.8) is 0 Å². The Morgan fingerprint density at radius 3 is 2.38 bits per heavy atom. The second-order valence-corrected chi connectivity index (χ2v) is 13.5. The minimum atomic E-state index is -0.875. The zero-order chi connectivity index (χ0) is 29.4. The van der Waals surface area contributed by atoms with Crippen LogP contribution in [0.15, 0.2) is 42.5 Å². The van der Waals surface area contributed by atoms with Crippen molar-refractivity contribution in [2.75, 3.05) is 31.1 Å². The van der Waals surface area contributed by atoms with Gasteiger partial charge < -0.3 is 24.2 Å². The molecule has 3 aromatic rings. The Balaban J connectivity index is 1.26. The molecule has 0 atom stereocenters. The van der Waals surface area contributed by atoms with Gasteiger partial charge in [0.2, 0.25) is 0 Å². The first-order valence-electron chi connectivity index (χ1n) is 15.9. The van der Waals surface area contributed by atoms with Crippen LogP contribution >= 0.6 is 0 Å². The summed E-state index contributed by atoms with van der Waals surface area (Å²) in [5, 5.41) is 11.0. The van der Waals surface area contributed by atoms with Gasteiger partial charge in [-0.2, -0.15) is 0 Å². The molecular weight excluding hydrogens is 526 g/mol. The molecule has 2 aliphatic heterocycles. The quantitative estimate of drug-likeness (QED) is 0.337. The number of carboxylic acid groups (broad SMARTS) is 1. The van der Waals surface area contributed by atoms with E-state index in [1.165, 1.54) is 60.0 Å². The second-order valence-electron chi connectivity index (χ2n) is 13.5. The molecule has 1 aliphatic carbocycles. The Morgan fingerprint density at radius 2 is 1.67 bits per heavy atom. The lowest BCUT2D eigenvalue weighted by Crippen LogP contribution is -2.42. The van der Waals surface area contributed by atoms with Crippen molar-refractivity contribution in [3.8, 4) is 11.3 Å². The molecule has 7 nitrogen and oxygen atoms in total. The van der Waals surface area contributed by atoms with Gasteiger partial charge in [-0.3, -0.25) is 0 Å². The van der Waals surface area contributed by atoms with Crippen LogP contribution in [0.25, 0.3) is 22.2 Å². The highest BCUT2D eigenvalue weighted by molar-refractivity contribution is 5.99. The van der Waals surface area contributed by atoms with Gasteiger partial charge in [-0.1, -0.05) is 43.5 Å². The van der Waals surface area contributed by atoms with Crippen molar-refractivity contribution in [1.29, 1.82) is 0 Å². The number of carbonyl (C=O) groups excluding carboxylic acids is 1. The van der Waals surface area contributed by atoms with E-state index < -0.39 is 11.6 Å². The topological polar surface area (TPSA) is 75.0 Å². The number of ether oxygens (including phenoxy) is 1. The number of hydrogen-bond donors (Lipinski definition) is 1.